The number of aliphatic hydroxyl groups is 2. The van der Waals surface area contributed by atoms with E-state index < -0.39 is 12.2 Å². The lowest BCUT2D eigenvalue weighted by Gasteiger charge is -2.40. The van der Waals surface area contributed by atoms with E-state index in [9.17, 15) is 20.1 Å². The van der Waals surface area contributed by atoms with Crippen LogP contribution in [0.15, 0.2) is 12.1 Å². The van der Waals surface area contributed by atoms with Gasteiger partial charge in [0.15, 0.2) is 5.78 Å². The van der Waals surface area contributed by atoms with Crippen LogP contribution in [0.25, 0.3) is 0 Å². The summed E-state index contributed by atoms with van der Waals surface area (Å²) in [6.45, 7) is 1.81. The van der Waals surface area contributed by atoms with Crippen molar-refractivity contribution in [2.45, 2.75) is 38.4 Å². The van der Waals surface area contributed by atoms with E-state index in [1.165, 1.54) is 0 Å². The normalized spacial score (nSPS) is 33.7. The van der Waals surface area contributed by atoms with Gasteiger partial charge in [-0.2, -0.15) is 0 Å². The lowest BCUT2D eigenvalue weighted by atomic mass is 9.65. The maximum atomic E-state index is 12.5. The van der Waals surface area contributed by atoms with Gasteiger partial charge in [0.2, 0.25) is 0 Å². The SMILES string of the molecule is Cc1cc(O)c2c(c1)C(=O)[C@@H]1C[C@H](O)CC[C@@H]1[C@@H]2O. The largest absolute Gasteiger partial charge is 0.508 e. The van der Waals surface area contributed by atoms with Gasteiger partial charge >= 0.3 is 0 Å². The molecule has 1 fully saturated rings. The average Bonchev–Trinajstić information content (AvgIpc) is 2.35. The fourth-order valence-electron chi connectivity index (χ4n) is 3.56. The van der Waals surface area contributed by atoms with Crippen LogP contribution in [-0.4, -0.2) is 27.2 Å². The molecule has 1 saturated carbocycles. The van der Waals surface area contributed by atoms with E-state index in [0.29, 0.717) is 30.4 Å². The molecule has 19 heavy (non-hydrogen) atoms. The third kappa shape index (κ3) is 1.86. The van der Waals surface area contributed by atoms with Crippen molar-refractivity contribution in [3.05, 3.63) is 28.8 Å². The van der Waals surface area contributed by atoms with E-state index >= 15 is 0 Å². The Bertz CT molecular complexity index is 537. The Kier molecular flexibility index (Phi) is 2.87. The van der Waals surface area contributed by atoms with Crippen molar-refractivity contribution in [2.24, 2.45) is 11.8 Å². The number of aromatic hydroxyl groups is 1. The topological polar surface area (TPSA) is 77.8 Å². The molecule has 2 aliphatic rings. The third-order valence-electron chi connectivity index (χ3n) is 4.48. The van der Waals surface area contributed by atoms with Gasteiger partial charge in [-0.15, -0.1) is 0 Å². The molecule has 0 radical (unpaired) electrons. The zero-order chi connectivity index (χ0) is 13.7. The summed E-state index contributed by atoms with van der Waals surface area (Å²) in [6, 6.07) is 3.30. The smallest absolute Gasteiger partial charge is 0.166 e. The maximum absolute atomic E-state index is 12.5. The van der Waals surface area contributed by atoms with E-state index in [4.69, 9.17) is 0 Å². The number of carbonyl (C=O) groups excluding carboxylic acids is 1. The molecule has 2 aliphatic carbocycles. The molecule has 3 rings (SSSR count). The van der Waals surface area contributed by atoms with Gasteiger partial charge in [0.1, 0.15) is 5.75 Å². The Labute approximate surface area is 111 Å². The van der Waals surface area contributed by atoms with E-state index in [1.54, 1.807) is 12.1 Å². The minimum atomic E-state index is -0.814. The molecule has 3 N–H and O–H groups in total. The predicted molar refractivity (Wildman–Crippen MR) is 69.0 cm³/mol. The molecule has 0 aromatic heterocycles. The predicted octanol–water partition coefficient (Wildman–Crippen LogP) is 1.71. The summed E-state index contributed by atoms with van der Waals surface area (Å²) in [7, 11) is 0. The van der Waals surface area contributed by atoms with E-state index in [0.717, 1.165) is 5.56 Å². The Balaban J connectivity index is 2.12. The summed E-state index contributed by atoms with van der Waals surface area (Å²) in [5, 5.41) is 30.2. The molecule has 4 atom stereocenters. The first-order valence-electron chi connectivity index (χ1n) is 6.73. The fraction of sp³-hybridized carbons (Fsp3) is 0.533. The number of rotatable bonds is 0. The lowest BCUT2D eigenvalue weighted by Crippen LogP contribution is -2.40. The van der Waals surface area contributed by atoms with Crippen LogP contribution in [0.3, 0.4) is 0 Å². The molecule has 0 amide bonds. The van der Waals surface area contributed by atoms with Crippen LogP contribution in [0, 0.1) is 18.8 Å². The molecule has 4 heteroatoms. The Morgan fingerprint density at radius 1 is 1.21 bits per heavy atom. The number of aliphatic hydroxyl groups excluding tert-OH is 2. The Hall–Kier alpha value is -1.39. The molecule has 0 unspecified atom stereocenters. The summed E-state index contributed by atoms with van der Waals surface area (Å²) in [4.78, 5) is 12.5. The highest BCUT2D eigenvalue weighted by Gasteiger charge is 2.45. The van der Waals surface area contributed by atoms with Crippen LogP contribution in [-0.2, 0) is 0 Å². The summed E-state index contributed by atoms with van der Waals surface area (Å²) in [6.07, 6.45) is 0.358. The standard InChI is InChI=1S/C15H18O4/c1-7-4-11-13(12(17)5-7)15(19)9-3-2-8(16)6-10(9)14(11)18/h4-5,8-10,15-17,19H,2-3,6H2,1H3/t8-,9+,10-,15+/m1/s1. The van der Waals surface area contributed by atoms with Gasteiger partial charge in [-0.05, 0) is 49.8 Å². The van der Waals surface area contributed by atoms with Crippen LogP contribution in [0.5, 0.6) is 5.75 Å². The Morgan fingerprint density at radius 3 is 2.68 bits per heavy atom. The van der Waals surface area contributed by atoms with Crippen molar-refractivity contribution < 1.29 is 20.1 Å². The summed E-state index contributed by atoms with van der Waals surface area (Å²) in [5.74, 6) is -0.562. The monoisotopic (exact) mass is 262 g/mol. The van der Waals surface area contributed by atoms with Gasteiger partial charge in [0, 0.05) is 17.0 Å². The zero-order valence-corrected chi connectivity index (χ0v) is 10.8. The van der Waals surface area contributed by atoms with E-state index in [-0.39, 0.29) is 23.4 Å². The van der Waals surface area contributed by atoms with E-state index in [1.807, 2.05) is 6.92 Å². The maximum Gasteiger partial charge on any atom is 0.166 e. The van der Waals surface area contributed by atoms with Gasteiger partial charge in [-0.3, -0.25) is 4.79 Å². The first kappa shape index (κ1) is 12.6. The van der Waals surface area contributed by atoms with Crippen molar-refractivity contribution in [3.63, 3.8) is 0 Å². The zero-order valence-electron chi connectivity index (χ0n) is 10.8. The van der Waals surface area contributed by atoms with E-state index in [2.05, 4.69) is 0 Å². The van der Waals surface area contributed by atoms with Crippen molar-refractivity contribution in [1.82, 2.24) is 0 Å². The number of ketones is 1. The van der Waals surface area contributed by atoms with Crippen molar-refractivity contribution in [3.8, 4) is 5.75 Å². The third-order valence-corrected chi connectivity index (χ3v) is 4.48. The molecule has 0 bridgehead atoms. The van der Waals surface area contributed by atoms with Crippen LogP contribution in [0.2, 0.25) is 0 Å². The number of phenols is 1. The van der Waals surface area contributed by atoms with Gasteiger partial charge in [-0.25, -0.2) is 0 Å². The van der Waals surface area contributed by atoms with Gasteiger partial charge in [0.05, 0.1) is 12.2 Å². The molecule has 4 nitrogen and oxygen atoms in total. The van der Waals surface area contributed by atoms with Crippen molar-refractivity contribution in [1.29, 1.82) is 0 Å². The van der Waals surface area contributed by atoms with Gasteiger partial charge < -0.3 is 15.3 Å². The number of aryl methyl sites for hydroxylation is 1. The van der Waals surface area contributed by atoms with Crippen LogP contribution < -0.4 is 0 Å². The minimum Gasteiger partial charge on any atom is -0.508 e. The molecule has 1 aromatic carbocycles. The second-order valence-electron chi connectivity index (χ2n) is 5.79. The summed E-state index contributed by atoms with van der Waals surface area (Å²) in [5.41, 5.74) is 1.58. The number of benzene rings is 1. The van der Waals surface area contributed by atoms with Gasteiger partial charge in [0.25, 0.3) is 0 Å². The number of Topliss-reactive ketones (excluding diaryl/α,β-unsaturated/α-hetero) is 1. The average molecular weight is 262 g/mol. The summed E-state index contributed by atoms with van der Waals surface area (Å²) >= 11 is 0. The molecule has 0 spiro atoms. The first-order valence-corrected chi connectivity index (χ1v) is 6.73. The lowest BCUT2D eigenvalue weighted by molar-refractivity contribution is -0.00270. The van der Waals surface area contributed by atoms with Crippen molar-refractivity contribution in [2.75, 3.05) is 0 Å². The van der Waals surface area contributed by atoms with Crippen LogP contribution in [0.4, 0.5) is 0 Å². The number of hydrogen-bond acceptors (Lipinski definition) is 4. The quantitative estimate of drug-likeness (QED) is 0.665. The van der Waals surface area contributed by atoms with Crippen LogP contribution >= 0.6 is 0 Å². The fourth-order valence-corrected chi connectivity index (χ4v) is 3.56. The van der Waals surface area contributed by atoms with Crippen LogP contribution in [0.1, 0.15) is 46.9 Å². The second kappa shape index (κ2) is 4.32. The van der Waals surface area contributed by atoms with Crippen molar-refractivity contribution >= 4 is 5.78 Å². The molecule has 102 valence electrons. The highest BCUT2D eigenvalue weighted by atomic mass is 16.3. The molecule has 0 saturated heterocycles. The molecule has 1 aromatic rings. The molecule has 0 aliphatic heterocycles. The minimum absolute atomic E-state index is 0.000391. The molecular weight excluding hydrogens is 244 g/mol. The second-order valence-corrected chi connectivity index (χ2v) is 5.79. The Morgan fingerprint density at radius 2 is 1.95 bits per heavy atom. The molecular formula is C15H18O4. The van der Waals surface area contributed by atoms with Gasteiger partial charge in [-0.1, -0.05) is 0 Å². The number of carbonyl (C=O) groups is 1. The highest BCUT2D eigenvalue weighted by molar-refractivity contribution is 6.01. The first-order chi connectivity index (χ1) is 8.99. The summed E-state index contributed by atoms with van der Waals surface area (Å²) < 4.78 is 0. The number of phenolic OH excluding ortho intramolecular Hbond substituents is 1. The molecule has 0 heterocycles. The number of hydrogen-bond donors (Lipinski definition) is 3. The highest BCUT2D eigenvalue weighted by Crippen LogP contribution is 2.48. The number of fused-ring (bicyclic) bond motifs is 2.